The van der Waals surface area contributed by atoms with Crippen molar-refractivity contribution >= 4 is 23.4 Å². The van der Waals surface area contributed by atoms with Gasteiger partial charge in [-0.1, -0.05) is 25.1 Å². The zero-order valence-corrected chi connectivity index (χ0v) is 14.6. The molecule has 0 aliphatic rings. The van der Waals surface area contributed by atoms with Gasteiger partial charge in [-0.15, -0.1) is 0 Å². The number of nitrogens with zero attached hydrogens (tertiary/aromatic N) is 1. The average molecular weight is 356 g/mol. The molecule has 136 valence electrons. The molecule has 0 saturated heterocycles. The number of methoxy groups -OCH3 is 1. The van der Waals surface area contributed by atoms with Gasteiger partial charge in [0.1, 0.15) is 11.5 Å². The molecule has 0 bridgehead atoms. The largest absolute Gasteiger partial charge is 0.494 e. The lowest BCUT2D eigenvalue weighted by molar-refractivity contribution is -0.384. The van der Waals surface area contributed by atoms with Gasteiger partial charge >= 0.3 is 0 Å². The molecule has 0 aliphatic carbocycles. The fourth-order valence-corrected chi connectivity index (χ4v) is 2.20. The van der Waals surface area contributed by atoms with E-state index >= 15 is 0 Å². The summed E-state index contributed by atoms with van der Waals surface area (Å²) in [5, 5.41) is 13.5. The van der Waals surface area contributed by atoms with Crippen LogP contribution in [0.1, 0.15) is 18.9 Å². The standard InChI is InChI=1S/C19H20N2O5/c1-3-12-26-17-7-5-4-6-14(17)8-11-19(22)20-16-10-9-15(21(23)24)13-18(16)25-2/h4-11,13H,3,12H2,1-2H3,(H,20,22)/b11-8+. The van der Waals surface area contributed by atoms with E-state index in [0.717, 1.165) is 12.0 Å². The third kappa shape index (κ3) is 5.07. The second-order valence-electron chi connectivity index (χ2n) is 5.35. The molecule has 7 nitrogen and oxygen atoms in total. The van der Waals surface area contributed by atoms with Crippen LogP contribution in [0.25, 0.3) is 6.08 Å². The predicted molar refractivity (Wildman–Crippen MR) is 99.5 cm³/mol. The number of carbonyl (C=O) groups excluding carboxylic acids is 1. The minimum atomic E-state index is -0.527. The van der Waals surface area contributed by atoms with Gasteiger partial charge in [0.05, 0.1) is 30.4 Å². The number of nitrogens with one attached hydrogen (secondary N) is 1. The van der Waals surface area contributed by atoms with E-state index in [1.807, 2.05) is 31.2 Å². The number of anilines is 1. The molecule has 0 atom stereocenters. The molecular formula is C19H20N2O5. The first-order valence-electron chi connectivity index (χ1n) is 8.08. The Balaban J connectivity index is 2.12. The van der Waals surface area contributed by atoms with Crippen LogP contribution in [0.15, 0.2) is 48.5 Å². The van der Waals surface area contributed by atoms with E-state index in [0.29, 0.717) is 18.0 Å². The second-order valence-corrected chi connectivity index (χ2v) is 5.35. The highest BCUT2D eigenvalue weighted by Gasteiger charge is 2.12. The van der Waals surface area contributed by atoms with Crippen molar-refractivity contribution in [3.05, 3.63) is 64.2 Å². The van der Waals surface area contributed by atoms with Crippen molar-refractivity contribution in [1.82, 2.24) is 0 Å². The first-order valence-corrected chi connectivity index (χ1v) is 8.08. The molecule has 2 aromatic carbocycles. The van der Waals surface area contributed by atoms with Crippen LogP contribution in [-0.2, 0) is 4.79 Å². The van der Waals surface area contributed by atoms with Crippen LogP contribution in [-0.4, -0.2) is 24.5 Å². The van der Waals surface area contributed by atoms with E-state index in [1.54, 1.807) is 6.08 Å². The SMILES string of the molecule is CCCOc1ccccc1/C=C/C(=O)Nc1ccc([N+](=O)[O-])cc1OC. The summed E-state index contributed by atoms with van der Waals surface area (Å²) < 4.78 is 10.7. The van der Waals surface area contributed by atoms with Gasteiger partial charge in [-0.25, -0.2) is 0 Å². The van der Waals surface area contributed by atoms with Crippen molar-refractivity contribution in [2.45, 2.75) is 13.3 Å². The Bertz CT molecular complexity index is 817. The third-order valence-electron chi connectivity index (χ3n) is 3.45. The minimum absolute atomic E-state index is 0.114. The van der Waals surface area contributed by atoms with Gasteiger partial charge in [-0.3, -0.25) is 14.9 Å². The van der Waals surface area contributed by atoms with Crippen molar-refractivity contribution in [3.8, 4) is 11.5 Å². The molecule has 0 radical (unpaired) electrons. The zero-order valence-electron chi connectivity index (χ0n) is 14.6. The number of para-hydroxylation sites is 1. The normalized spacial score (nSPS) is 10.5. The monoisotopic (exact) mass is 356 g/mol. The molecule has 0 heterocycles. The number of amides is 1. The average Bonchev–Trinajstić information content (AvgIpc) is 2.65. The van der Waals surface area contributed by atoms with Gasteiger partial charge in [-0.05, 0) is 24.6 Å². The Kier molecular flexibility index (Phi) is 6.73. The van der Waals surface area contributed by atoms with Crippen LogP contribution in [0.5, 0.6) is 11.5 Å². The van der Waals surface area contributed by atoms with E-state index in [1.165, 1.54) is 31.4 Å². The summed E-state index contributed by atoms with van der Waals surface area (Å²) in [6, 6.07) is 11.4. The molecule has 1 N–H and O–H groups in total. The Morgan fingerprint density at radius 3 is 2.69 bits per heavy atom. The van der Waals surface area contributed by atoms with Crippen LogP contribution in [0.3, 0.4) is 0 Å². The molecule has 7 heteroatoms. The summed E-state index contributed by atoms with van der Waals surface area (Å²) in [4.78, 5) is 22.5. The van der Waals surface area contributed by atoms with Crippen molar-refractivity contribution in [2.75, 3.05) is 19.0 Å². The molecule has 0 aliphatic heterocycles. The zero-order chi connectivity index (χ0) is 18.9. The Morgan fingerprint density at radius 2 is 2.00 bits per heavy atom. The lowest BCUT2D eigenvalue weighted by atomic mass is 10.2. The number of hydrogen-bond donors (Lipinski definition) is 1. The van der Waals surface area contributed by atoms with Crippen LogP contribution in [0, 0.1) is 10.1 Å². The predicted octanol–water partition coefficient (Wildman–Crippen LogP) is 4.04. The highest BCUT2D eigenvalue weighted by atomic mass is 16.6. The maximum absolute atomic E-state index is 12.2. The number of carbonyl (C=O) groups is 1. The third-order valence-corrected chi connectivity index (χ3v) is 3.45. The van der Waals surface area contributed by atoms with Crippen molar-refractivity contribution in [1.29, 1.82) is 0 Å². The number of non-ortho nitro benzene ring substituents is 1. The number of hydrogen-bond acceptors (Lipinski definition) is 5. The van der Waals surface area contributed by atoms with Gasteiger partial charge in [0, 0.05) is 17.7 Å². The lowest BCUT2D eigenvalue weighted by Gasteiger charge is -2.09. The molecule has 26 heavy (non-hydrogen) atoms. The smallest absolute Gasteiger partial charge is 0.273 e. The second kappa shape index (κ2) is 9.22. The molecule has 1 amide bonds. The minimum Gasteiger partial charge on any atom is -0.494 e. The Hall–Kier alpha value is -3.35. The van der Waals surface area contributed by atoms with E-state index in [9.17, 15) is 14.9 Å². The summed E-state index contributed by atoms with van der Waals surface area (Å²) in [5.41, 5.74) is 1.02. The van der Waals surface area contributed by atoms with Crippen LogP contribution >= 0.6 is 0 Å². The molecule has 0 unspecified atom stereocenters. The highest BCUT2D eigenvalue weighted by molar-refractivity contribution is 6.03. The van der Waals surface area contributed by atoms with E-state index in [4.69, 9.17) is 9.47 Å². The molecule has 0 spiro atoms. The summed E-state index contributed by atoms with van der Waals surface area (Å²) in [5.74, 6) is 0.529. The summed E-state index contributed by atoms with van der Waals surface area (Å²) >= 11 is 0. The van der Waals surface area contributed by atoms with Gasteiger partial charge in [-0.2, -0.15) is 0 Å². The summed E-state index contributed by atoms with van der Waals surface area (Å²) in [6.45, 7) is 2.61. The summed E-state index contributed by atoms with van der Waals surface area (Å²) in [7, 11) is 1.38. The van der Waals surface area contributed by atoms with Crippen LogP contribution in [0.2, 0.25) is 0 Å². The first-order chi connectivity index (χ1) is 12.5. The highest BCUT2D eigenvalue weighted by Crippen LogP contribution is 2.29. The van der Waals surface area contributed by atoms with Crippen LogP contribution < -0.4 is 14.8 Å². The fourth-order valence-electron chi connectivity index (χ4n) is 2.20. The summed E-state index contributed by atoms with van der Waals surface area (Å²) in [6.07, 6.45) is 3.91. The Morgan fingerprint density at radius 1 is 1.23 bits per heavy atom. The fraction of sp³-hybridized carbons (Fsp3) is 0.211. The molecule has 2 aromatic rings. The van der Waals surface area contributed by atoms with Crippen molar-refractivity contribution in [3.63, 3.8) is 0 Å². The molecule has 0 aromatic heterocycles. The topological polar surface area (TPSA) is 90.7 Å². The van der Waals surface area contributed by atoms with E-state index < -0.39 is 4.92 Å². The van der Waals surface area contributed by atoms with Gasteiger partial charge in [0.15, 0.2) is 0 Å². The van der Waals surface area contributed by atoms with Crippen LogP contribution in [0.4, 0.5) is 11.4 Å². The number of nitro benzene ring substituents is 1. The lowest BCUT2D eigenvalue weighted by Crippen LogP contribution is -2.09. The van der Waals surface area contributed by atoms with Gasteiger partial charge in [0.25, 0.3) is 5.69 Å². The molecule has 2 rings (SSSR count). The van der Waals surface area contributed by atoms with E-state index in [2.05, 4.69) is 5.32 Å². The van der Waals surface area contributed by atoms with Gasteiger partial charge < -0.3 is 14.8 Å². The maximum atomic E-state index is 12.2. The number of benzene rings is 2. The molecular weight excluding hydrogens is 336 g/mol. The quantitative estimate of drug-likeness (QED) is 0.438. The number of nitro groups is 1. The molecule has 0 fully saturated rings. The first kappa shape index (κ1) is 19.0. The maximum Gasteiger partial charge on any atom is 0.273 e. The number of ether oxygens (including phenoxy) is 2. The Labute approximate surface area is 151 Å². The van der Waals surface area contributed by atoms with Crippen molar-refractivity contribution < 1.29 is 19.2 Å². The number of rotatable bonds is 8. The van der Waals surface area contributed by atoms with E-state index in [-0.39, 0.29) is 17.3 Å². The molecule has 0 saturated carbocycles. The van der Waals surface area contributed by atoms with Crippen molar-refractivity contribution in [2.24, 2.45) is 0 Å². The van der Waals surface area contributed by atoms with Gasteiger partial charge in [0.2, 0.25) is 5.91 Å².